The van der Waals surface area contributed by atoms with Gasteiger partial charge in [-0.05, 0) is 48.0 Å². The zero-order chi connectivity index (χ0) is 24.0. The predicted octanol–water partition coefficient (Wildman–Crippen LogP) is 4.80. The highest BCUT2D eigenvalue weighted by Gasteiger charge is 2.35. The lowest BCUT2D eigenvalue weighted by atomic mass is 9.87. The summed E-state index contributed by atoms with van der Waals surface area (Å²) in [6, 6.07) is 14.7. The van der Waals surface area contributed by atoms with Gasteiger partial charge in [0, 0.05) is 34.3 Å². The fourth-order valence-electron chi connectivity index (χ4n) is 4.05. The molecule has 174 valence electrons. The van der Waals surface area contributed by atoms with E-state index in [-0.39, 0.29) is 18.1 Å². The summed E-state index contributed by atoms with van der Waals surface area (Å²) >= 11 is 0. The Balaban J connectivity index is 1.66. The van der Waals surface area contributed by atoms with E-state index < -0.39 is 24.1 Å². The fourth-order valence-corrected chi connectivity index (χ4v) is 4.05. The van der Waals surface area contributed by atoms with E-state index in [0.717, 1.165) is 12.1 Å². The molecule has 4 aromatic rings. The fraction of sp³-hybridized carbons (Fsp3) is 0.160. The average molecular weight is 469 g/mol. The van der Waals surface area contributed by atoms with E-state index in [1.165, 1.54) is 18.2 Å². The number of phenolic OH excluding ortho intramolecular Hbond substituents is 1. The van der Waals surface area contributed by atoms with Gasteiger partial charge in [0.1, 0.15) is 23.9 Å². The number of alkyl halides is 3. The van der Waals surface area contributed by atoms with Gasteiger partial charge in [0.2, 0.25) is 0 Å². The van der Waals surface area contributed by atoms with Crippen molar-refractivity contribution in [3.63, 3.8) is 0 Å². The van der Waals surface area contributed by atoms with Crippen molar-refractivity contribution >= 4 is 10.9 Å². The predicted molar refractivity (Wildman–Crippen MR) is 116 cm³/mol. The molecule has 1 unspecified atom stereocenters. The number of ether oxygens (including phenoxy) is 2. The summed E-state index contributed by atoms with van der Waals surface area (Å²) in [6.07, 6.45) is -5.34. The molecule has 1 aromatic heterocycles. The van der Waals surface area contributed by atoms with E-state index in [2.05, 4.69) is 4.98 Å². The van der Waals surface area contributed by atoms with Crippen LogP contribution >= 0.6 is 0 Å². The molecule has 3 N–H and O–H groups in total. The van der Waals surface area contributed by atoms with Crippen LogP contribution in [0.25, 0.3) is 22.0 Å². The largest absolute Gasteiger partial charge is 0.508 e. The van der Waals surface area contributed by atoms with Crippen LogP contribution < -0.4 is 9.47 Å². The molecule has 1 aliphatic rings. The molecule has 6 nitrogen and oxygen atoms in total. The van der Waals surface area contributed by atoms with Gasteiger partial charge in [-0.3, -0.25) is 4.98 Å². The third-order valence-corrected chi connectivity index (χ3v) is 5.58. The van der Waals surface area contributed by atoms with E-state index in [4.69, 9.17) is 19.7 Å². The summed E-state index contributed by atoms with van der Waals surface area (Å²) in [4.78, 5) is 4.40. The van der Waals surface area contributed by atoms with Gasteiger partial charge in [0.05, 0.1) is 11.1 Å². The first-order valence-electron chi connectivity index (χ1n) is 10.3. The molecule has 0 aliphatic carbocycles. The molecule has 2 heterocycles. The van der Waals surface area contributed by atoms with Crippen LogP contribution in [0.5, 0.6) is 17.2 Å². The van der Waals surface area contributed by atoms with Crippen LogP contribution in [-0.4, -0.2) is 33.2 Å². The SMILES string of the molecule is Oc1ccc2c3c(cnc2c1)-c1ccc(C(F)(F)F)cc1OC3c1ccc(OCC(O)O)cc1. The van der Waals surface area contributed by atoms with Gasteiger partial charge in [-0.1, -0.05) is 12.1 Å². The van der Waals surface area contributed by atoms with Gasteiger partial charge in [-0.25, -0.2) is 0 Å². The Hall–Kier alpha value is -3.82. The summed E-state index contributed by atoms with van der Waals surface area (Å²) in [6.45, 7) is -0.310. The summed E-state index contributed by atoms with van der Waals surface area (Å²) in [7, 11) is 0. The Kier molecular flexibility index (Phi) is 5.30. The molecule has 0 radical (unpaired) electrons. The van der Waals surface area contributed by atoms with E-state index in [0.29, 0.717) is 38.9 Å². The second-order valence-corrected chi connectivity index (χ2v) is 7.85. The number of hydrogen-bond donors (Lipinski definition) is 3. The molecule has 0 fully saturated rings. The van der Waals surface area contributed by atoms with Crippen LogP contribution in [0.4, 0.5) is 13.2 Å². The van der Waals surface area contributed by atoms with E-state index >= 15 is 0 Å². The first-order valence-corrected chi connectivity index (χ1v) is 10.3. The van der Waals surface area contributed by atoms with E-state index in [1.807, 2.05) is 0 Å². The minimum atomic E-state index is -4.52. The Labute approximate surface area is 191 Å². The van der Waals surface area contributed by atoms with Crippen molar-refractivity contribution in [3.8, 4) is 28.4 Å². The molecule has 0 spiro atoms. The third kappa shape index (κ3) is 4.00. The molecule has 3 aromatic carbocycles. The van der Waals surface area contributed by atoms with E-state index in [9.17, 15) is 18.3 Å². The first-order chi connectivity index (χ1) is 16.2. The van der Waals surface area contributed by atoms with Crippen molar-refractivity contribution in [2.75, 3.05) is 6.61 Å². The van der Waals surface area contributed by atoms with Crippen molar-refractivity contribution in [1.82, 2.24) is 4.98 Å². The van der Waals surface area contributed by atoms with Gasteiger partial charge in [-0.15, -0.1) is 0 Å². The maximum Gasteiger partial charge on any atom is 0.416 e. The van der Waals surface area contributed by atoms with Crippen molar-refractivity contribution in [2.24, 2.45) is 0 Å². The van der Waals surface area contributed by atoms with Crippen LogP contribution in [0.1, 0.15) is 22.8 Å². The summed E-state index contributed by atoms with van der Waals surface area (Å²) < 4.78 is 51.5. The number of aliphatic hydroxyl groups is 2. The number of pyridine rings is 1. The van der Waals surface area contributed by atoms with Crippen LogP contribution in [-0.2, 0) is 6.18 Å². The van der Waals surface area contributed by atoms with Gasteiger partial charge >= 0.3 is 6.18 Å². The van der Waals surface area contributed by atoms with Crippen LogP contribution in [0, 0.1) is 0 Å². The normalized spacial score (nSPS) is 15.1. The number of aliphatic hydroxyl groups excluding tert-OH is 1. The Morgan fingerprint density at radius 3 is 2.44 bits per heavy atom. The zero-order valence-corrected chi connectivity index (χ0v) is 17.5. The van der Waals surface area contributed by atoms with Gasteiger partial charge in [0.25, 0.3) is 0 Å². The highest BCUT2D eigenvalue weighted by Crippen LogP contribution is 2.48. The van der Waals surface area contributed by atoms with Crippen LogP contribution in [0.15, 0.2) is 66.9 Å². The monoisotopic (exact) mass is 469 g/mol. The molecule has 1 atom stereocenters. The molecule has 9 heteroatoms. The topological polar surface area (TPSA) is 92.0 Å². The number of fused-ring (bicyclic) bond motifs is 5. The maximum atomic E-state index is 13.4. The van der Waals surface area contributed by atoms with Crippen LogP contribution in [0.3, 0.4) is 0 Å². The Bertz CT molecular complexity index is 1370. The number of aromatic hydroxyl groups is 1. The van der Waals surface area contributed by atoms with Gasteiger partial charge < -0.3 is 24.8 Å². The number of nitrogens with zero attached hydrogens (tertiary/aromatic N) is 1. The van der Waals surface area contributed by atoms with Gasteiger partial charge in [-0.2, -0.15) is 13.2 Å². The van der Waals surface area contributed by atoms with E-state index in [1.54, 1.807) is 36.5 Å². The second-order valence-electron chi connectivity index (χ2n) is 7.85. The minimum Gasteiger partial charge on any atom is -0.508 e. The second kappa shape index (κ2) is 8.19. The average Bonchev–Trinajstić information content (AvgIpc) is 2.81. The first kappa shape index (κ1) is 22.0. The zero-order valence-electron chi connectivity index (χ0n) is 17.5. The summed E-state index contributed by atoms with van der Waals surface area (Å²) in [5, 5.41) is 28.5. The minimum absolute atomic E-state index is 0.0380. The molecular formula is C25H18F3NO5. The molecule has 0 bridgehead atoms. The van der Waals surface area contributed by atoms with Crippen LogP contribution in [0.2, 0.25) is 0 Å². The quantitative estimate of drug-likeness (QED) is 0.372. The number of halogens is 3. The summed E-state index contributed by atoms with van der Waals surface area (Å²) in [5.74, 6) is 0.504. The molecule has 0 saturated carbocycles. The van der Waals surface area contributed by atoms with Crippen molar-refractivity contribution < 1.29 is 38.0 Å². The highest BCUT2D eigenvalue weighted by molar-refractivity contribution is 5.92. The molecule has 34 heavy (non-hydrogen) atoms. The van der Waals surface area contributed by atoms with Crippen molar-refractivity contribution in [2.45, 2.75) is 18.6 Å². The number of phenols is 1. The summed E-state index contributed by atoms with van der Waals surface area (Å²) in [5.41, 5.74) is 2.15. The molecular weight excluding hydrogens is 451 g/mol. The molecule has 0 saturated heterocycles. The maximum absolute atomic E-state index is 13.4. The number of benzene rings is 3. The molecule has 0 amide bonds. The Morgan fingerprint density at radius 1 is 0.971 bits per heavy atom. The Morgan fingerprint density at radius 2 is 1.74 bits per heavy atom. The number of rotatable bonds is 4. The number of aromatic nitrogens is 1. The standard InChI is InChI=1S/C25H18F3NO5/c26-25(27,28)14-3-7-17-19-11-29-20-10-15(30)4-8-18(20)23(19)24(34-21(17)9-14)13-1-5-16(6-2-13)33-12-22(31)32/h1-11,22,24,30-32H,12H2. The molecule has 1 aliphatic heterocycles. The lowest BCUT2D eigenvalue weighted by Crippen LogP contribution is -2.18. The van der Waals surface area contributed by atoms with Crippen molar-refractivity contribution in [1.29, 1.82) is 0 Å². The third-order valence-electron chi connectivity index (χ3n) is 5.58. The number of hydrogen-bond acceptors (Lipinski definition) is 6. The molecule has 5 rings (SSSR count). The lowest BCUT2D eigenvalue weighted by molar-refractivity contribution is -0.137. The van der Waals surface area contributed by atoms with Gasteiger partial charge in [0.15, 0.2) is 12.4 Å². The van der Waals surface area contributed by atoms with Crippen molar-refractivity contribution in [3.05, 3.63) is 83.6 Å². The smallest absolute Gasteiger partial charge is 0.416 e. The lowest BCUT2D eigenvalue weighted by Gasteiger charge is -2.30. The highest BCUT2D eigenvalue weighted by atomic mass is 19.4.